The molecule has 0 amide bonds. The molecule has 33 heavy (non-hydrogen) atoms. The summed E-state index contributed by atoms with van der Waals surface area (Å²) in [6.07, 6.45) is 1.99. The van der Waals surface area contributed by atoms with Crippen LogP contribution in [0.3, 0.4) is 0 Å². The predicted octanol–water partition coefficient (Wildman–Crippen LogP) is 4.00. The van der Waals surface area contributed by atoms with Crippen LogP contribution in [0.1, 0.15) is 35.5 Å². The van der Waals surface area contributed by atoms with Crippen LogP contribution >= 0.6 is 0 Å². The number of benzene rings is 2. The summed E-state index contributed by atoms with van der Waals surface area (Å²) in [6, 6.07) is 19.1. The fraction of sp³-hybridized carbons (Fsp3) is 0.444. The molecular formula is C27H34N4O2. The van der Waals surface area contributed by atoms with Crippen molar-refractivity contribution in [2.24, 2.45) is 7.05 Å². The number of para-hydroxylation sites is 1. The first kappa shape index (κ1) is 22.0. The second kappa shape index (κ2) is 9.98. The molecule has 0 saturated carbocycles. The molecule has 2 aromatic carbocycles. The summed E-state index contributed by atoms with van der Waals surface area (Å²) in [5.74, 6) is 0.903. The Morgan fingerprint density at radius 3 is 2.82 bits per heavy atom. The number of hydrogen-bond donors (Lipinski definition) is 0. The lowest BCUT2D eigenvalue weighted by Gasteiger charge is -2.32. The molecule has 0 N–H and O–H groups in total. The molecule has 174 valence electrons. The van der Waals surface area contributed by atoms with E-state index in [0.29, 0.717) is 6.61 Å². The molecule has 3 aromatic rings. The number of nitrogens with zero attached hydrogens (tertiary/aromatic N) is 4. The standard InChI is InChI=1S/C27H34N4O2/c1-3-31-13-11-22-17-21(9-10-26(22)31)19-30-14-16-33-27(20-30)25-18-23(29(2)28-25)12-15-32-24-7-5-4-6-8-24/h4-10,17-18,27H,3,11-16,19-20H2,1-2H3/t27-/m1/s1. The molecule has 1 aromatic heterocycles. The molecule has 0 radical (unpaired) electrons. The second-order valence-corrected chi connectivity index (χ2v) is 8.98. The number of morpholine rings is 1. The van der Waals surface area contributed by atoms with Crippen LogP contribution in [0.25, 0.3) is 0 Å². The average Bonchev–Trinajstić information content (AvgIpc) is 3.43. The molecule has 3 heterocycles. The minimum absolute atomic E-state index is 0.0127. The van der Waals surface area contributed by atoms with Crippen molar-refractivity contribution >= 4 is 5.69 Å². The van der Waals surface area contributed by atoms with Gasteiger partial charge in [0.1, 0.15) is 11.9 Å². The molecule has 0 spiro atoms. The fourth-order valence-corrected chi connectivity index (χ4v) is 4.95. The fourth-order valence-electron chi connectivity index (χ4n) is 4.95. The Bertz CT molecular complexity index is 1070. The van der Waals surface area contributed by atoms with Gasteiger partial charge in [-0.1, -0.05) is 30.3 Å². The number of aryl methyl sites for hydroxylation is 1. The van der Waals surface area contributed by atoms with E-state index in [0.717, 1.165) is 63.6 Å². The zero-order chi connectivity index (χ0) is 22.6. The van der Waals surface area contributed by atoms with Gasteiger partial charge in [-0.3, -0.25) is 9.58 Å². The van der Waals surface area contributed by atoms with Crippen LogP contribution in [-0.4, -0.2) is 54.1 Å². The van der Waals surface area contributed by atoms with Crippen LogP contribution in [0, 0.1) is 0 Å². The van der Waals surface area contributed by atoms with Crippen molar-refractivity contribution in [2.45, 2.75) is 32.4 Å². The monoisotopic (exact) mass is 446 g/mol. The minimum Gasteiger partial charge on any atom is -0.493 e. The quantitative estimate of drug-likeness (QED) is 0.523. The summed E-state index contributed by atoms with van der Waals surface area (Å²) in [6.45, 7) is 8.63. The van der Waals surface area contributed by atoms with Crippen LogP contribution in [-0.2, 0) is 31.2 Å². The smallest absolute Gasteiger partial charge is 0.119 e. The van der Waals surface area contributed by atoms with Gasteiger partial charge >= 0.3 is 0 Å². The highest BCUT2D eigenvalue weighted by Crippen LogP contribution is 2.30. The molecule has 0 bridgehead atoms. The molecule has 0 aliphatic carbocycles. The first-order chi connectivity index (χ1) is 16.2. The Balaban J connectivity index is 1.18. The maximum atomic E-state index is 6.12. The minimum atomic E-state index is 0.0127. The summed E-state index contributed by atoms with van der Waals surface area (Å²) in [5, 5.41) is 4.77. The van der Waals surface area contributed by atoms with Gasteiger partial charge in [-0.15, -0.1) is 0 Å². The van der Waals surface area contributed by atoms with Crippen molar-refractivity contribution in [1.29, 1.82) is 0 Å². The Morgan fingerprint density at radius 2 is 1.97 bits per heavy atom. The van der Waals surface area contributed by atoms with Crippen molar-refractivity contribution in [1.82, 2.24) is 14.7 Å². The van der Waals surface area contributed by atoms with E-state index in [1.807, 2.05) is 42.1 Å². The van der Waals surface area contributed by atoms with E-state index in [2.05, 4.69) is 41.0 Å². The molecular weight excluding hydrogens is 412 g/mol. The van der Waals surface area contributed by atoms with E-state index in [4.69, 9.17) is 14.6 Å². The molecule has 6 nitrogen and oxygen atoms in total. The highest BCUT2D eigenvalue weighted by molar-refractivity contribution is 5.59. The Hall–Kier alpha value is -2.83. The van der Waals surface area contributed by atoms with Gasteiger partial charge in [0.15, 0.2) is 0 Å². The van der Waals surface area contributed by atoms with Crippen molar-refractivity contribution < 1.29 is 9.47 Å². The summed E-state index contributed by atoms with van der Waals surface area (Å²) in [5.41, 5.74) is 6.49. The molecule has 1 atom stereocenters. The normalized spacial score (nSPS) is 18.5. The topological polar surface area (TPSA) is 42.8 Å². The zero-order valence-corrected chi connectivity index (χ0v) is 19.7. The van der Waals surface area contributed by atoms with Gasteiger partial charge < -0.3 is 14.4 Å². The first-order valence-electron chi connectivity index (χ1n) is 12.1. The highest BCUT2D eigenvalue weighted by Gasteiger charge is 2.25. The average molecular weight is 447 g/mol. The summed E-state index contributed by atoms with van der Waals surface area (Å²) < 4.78 is 14.0. The first-order valence-corrected chi connectivity index (χ1v) is 12.1. The molecule has 0 unspecified atom stereocenters. The van der Waals surface area contributed by atoms with E-state index in [1.54, 1.807) is 0 Å². The maximum Gasteiger partial charge on any atom is 0.119 e. The van der Waals surface area contributed by atoms with E-state index < -0.39 is 0 Å². The van der Waals surface area contributed by atoms with Crippen LogP contribution in [0.15, 0.2) is 54.6 Å². The van der Waals surface area contributed by atoms with E-state index in [1.165, 1.54) is 22.5 Å². The molecule has 6 heteroatoms. The van der Waals surface area contributed by atoms with Crippen LogP contribution in [0.2, 0.25) is 0 Å². The Labute approximate surface area is 196 Å². The van der Waals surface area contributed by atoms with Crippen molar-refractivity contribution in [3.05, 3.63) is 77.1 Å². The molecule has 2 aliphatic heterocycles. The molecule has 1 fully saturated rings. The zero-order valence-electron chi connectivity index (χ0n) is 19.7. The Morgan fingerprint density at radius 1 is 1.09 bits per heavy atom. The van der Waals surface area contributed by atoms with Crippen molar-refractivity contribution in [2.75, 3.05) is 44.3 Å². The Kier molecular flexibility index (Phi) is 6.65. The van der Waals surface area contributed by atoms with Gasteiger partial charge in [0.05, 0.1) is 18.9 Å². The van der Waals surface area contributed by atoms with Gasteiger partial charge in [-0.2, -0.15) is 5.10 Å². The van der Waals surface area contributed by atoms with Gasteiger partial charge in [-0.05, 0) is 48.7 Å². The van der Waals surface area contributed by atoms with Crippen LogP contribution < -0.4 is 9.64 Å². The summed E-state index contributed by atoms with van der Waals surface area (Å²) in [4.78, 5) is 4.96. The third-order valence-electron chi connectivity index (χ3n) is 6.77. The van der Waals surface area contributed by atoms with Crippen molar-refractivity contribution in [3.63, 3.8) is 0 Å². The van der Waals surface area contributed by atoms with Gasteiger partial charge in [0.25, 0.3) is 0 Å². The number of ether oxygens (including phenoxy) is 2. The number of hydrogen-bond acceptors (Lipinski definition) is 5. The number of rotatable bonds is 8. The third kappa shape index (κ3) is 5.07. The van der Waals surface area contributed by atoms with E-state index in [-0.39, 0.29) is 6.10 Å². The molecule has 2 aliphatic rings. The lowest BCUT2D eigenvalue weighted by atomic mass is 10.1. The third-order valence-corrected chi connectivity index (χ3v) is 6.77. The largest absolute Gasteiger partial charge is 0.493 e. The van der Waals surface area contributed by atoms with Gasteiger partial charge in [-0.25, -0.2) is 0 Å². The maximum absolute atomic E-state index is 6.12. The van der Waals surface area contributed by atoms with Crippen LogP contribution in [0.5, 0.6) is 5.75 Å². The number of anilines is 1. The second-order valence-electron chi connectivity index (χ2n) is 8.98. The number of likely N-dealkylation sites (N-methyl/N-ethyl adjacent to an activating group) is 1. The van der Waals surface area contributed by atoms with Gasteiger partial charge in [0, 0.05) is 57.6 Å². The highest BCUT2D eigenvalue weighted by atomic mass is 16.5. The number of aromatic nitrogens is 2. The predicted molar refractivity (Wildman–Crippen MR) is 131 cm³/mol. The molecule has 5 rings (SSSR count). The number of fused-ring (bicyclic) bond motifs is 1. The summed E-state index contributed by atoms with van der Waals surface area (Å²) >= 11 is 0. The SMILES string of the molecule is CCN1CCc2cc(CN3CCO[C@@H](c4cc(CCOc5ccccc5)n(C)n4)C3)ccc21. The lowest BCUT2D eigenvalue weighted by molar-refractivity contribution is -0.0352. The summed E-state index contributed by atoms with van der Waals surface area (Å²) in [7, 11) is 2.01. The molecule has 1 saturated heterocycles. The van der Waals surface area contributed by atoms with E-state index in [9.17, 15) is 0 Å². The van der Waals surface area contributed by atoms with Gasteiger partial charge in [0.2, 0.25) is 0 Å². The van der Waals surface area contributed by atoms with Crippen LogP contribution in [0.4, 0.5) is 5.69 Å². The van der Waals surface area contributed by atoms with Crippen molar-refractivity contribution in [3.8, 4) is 5.75 Å². The lowest BCUT2D eigenvalue weighted by Crippen LogP contribution is -2.38. The van der Waals surface area contributed by atoms with E-state index >= 15 is 0 Å².